The van der Waals surface area contributed by atoms with E-state index in [0.29, 0.717) is 6.04 Å². The Labute approximate surface area is 78.8 Å². The minimum atomic E-state index is -0.105. The zero-order valence-corrected chi connectivity index (χ0v) is 7.85. The van der Waals surface area contributed by atoms with E-state index in [9.17, 15) is 5.11 Å². The molecule has 1 aromatic rings. The quantitative estimate of drug-likeness (QED) is 0.738. The smallest absolute Gasteiger partial charge is 0.0794 e. The molecule has 0 bridgehead atoms. The molecule has 1 fully saturated rings. The highest BCUT2D eigenvalue weighted by atomic mass is 16.3. The molecule has 0 saturated carbocycles. The predicted molar refractivity (Wildman–Crippen MR) is 52.4 cm³/mol. The second-order valence-corrected chi connectivity index (χ2v) is 3.69. The molecule has 0 amide bonds. The molecule has 1 heterocycles. The van der Waals surface area contributed by atoms with Crippen molar-refractivity contribution in [2.75, 3.05) is 13.1 Å². The van der Waals surface area contributed by atoms with Crippen molar-refractivity contribution in [2.45, 2.75) is 19.1 Å². The minimum absolute atomic E-state index is 0.105. The van der Waals surface area contributed by atoms with Gasteiger partial charge in [-0.3, -0.25) is 4.90 Å². The van der Waals surface area contributed by atoms with Gasteiger partial charge in [-0.05, 0) is 12.5 Å². The highest BCUT2D eigenvalue weighted by molar-refractivity contribution is 5.18. The van der Waals surface area contributed by atoms with Gasteiger partial charge < -0.3 is 5.11 Å². The summed E-state index contributed by atoms with van der Waals surface area (Å²) in [7, 11) is 0. The fourth-order valence-corrected chi connectivity index (χ4v) is 1.75. The van der Waals surface area contributed by atoms with Crippen LogP contribution in [0.1, 0.15) is 18.5 Å². The van der Waals surface area contributed by atoms with Crippen LogP contribution in [0.25, 0.3) is 0 Å². The Bertz CT molecular complexity index is 267. The number of likely N-dealkylation sites (tertiary alicyclic amines) is 1. The van der Waals surface area contributed by atoms with Gasteiger partial charge in [-0.25, -0.2) is 0 Å². The first-order chi connectivity index (χ1) is 6.27. The molecular formula is C11H15NO. The zero-order chi connectivity index (χ0) is 9.26. The maximum absolute atomic E-state index is 9.17. The van der Waals surface area contributed by atoms with Crippen LogP contribution < -0.4 is 0 Å². The normalized spacial score (nSPS) is 21.1. The fraction of sp³-hybridized carbons (Fsp3) is 0.455. The number of hydrogen-bond donors (Lipinski definition) is 1. The second kappa shape index (κ2) is 3.48. The Hall–Kier alpha value is -0.860. The van der Waals surface area contributed by atoms with Gasteiger partial charge in [-0.1, -0.05) is 30.3 Å². The van der Waals surface area contributed by atoms with Crippen LogP contribution in [-0.2, 0) is 0 Å². The molecular weight excluding hydrogens is 162 g/mol. The van der Waals surface area contributed by atoms with E-state index in [0.717, 1.165) is 13.1 Å². The molecule has 0 radical (unpaired) electrons. The number of aliphatic hydroxyl groups is 1. The van der Waals surface area contributed by atoms with Crippen molar-refractivity contribution in [3.63, 3.8) is 0 Å². The molecule has 1 aliphatic rings. The van der Waals surface area contributed by atoms with E-state index in [1.54, 1.807) is 0 Å². The van der Waals surface area contributed by atoms with E-state index in [1.807, 2.05) is 6.07 Å². The van der Waals surface area contributed by atoms with E-state index in [2.05, 4.69) is 36.1 Å². The lowest BCUT2D eigenvalue weighted by molar-refractivity contribution is -0.0211. The average Bonchev–Trinajstić information content (AvgIpc) is 2.13. The Morgan fingerprint density at radius 1 is 1.31 bits per heavy atom. The lowest BCUT2D eigenvalue weighted by atomic mass is 10.0. The standard InChI is InChI=1S/C11H15NO/c1-9(12-7-11(13)8-12)10-5-3-2-4-6-10/h2-6,9,11,13H,7-8H2,1H3/t9-/m1/s1. The first-order valence-corrected chi connectivity index (χ1v) is 4.74. The van der Waals surface area contributed by atoms with Gasteiger partial charge in [0.1, 0.15) is 0 Å². The zero-order valence-electron chi connectivity index (χ0n) is 7.85. The third-order valence-electron chi connectivity index (χ3n) is 2.72. The van der Waals surface area contributed by atoms with Crippen molar-refractivity contribution >= 4 is 0 Å². The van der Waals surface area contributed by atoms with E-state index >= 15 is 0 Å². The van der Waals surface area contributed by atoms with E-state index in [1.165, 1.54) is 5.56 Å². The molecule has 0 aliphatic carbocycles. The number of rotatable bonds is 2. The number of hydrogen-bond acceptors (Lipinski definition) is 2. The SMILES string of the molecule is C[C@H](c1ccccc1)N1CC(O)C1. The largest absolute Gasteiger partial charge is 0.390 e. The number of β-amino-alcohol motifs (C(OH)–C–C–N with tert-alkyl or cyclic N) is 1. The van der Waals surface area contributed by atoms with E-state index in [-0.39, 0.29) is 6.10 Å². The first kappa shape index (κ1) is 8.73. The maximum atomic E-state index is 9.17. The fourth-order valence-electron chi connectivity index (χ4n) is 1.75. The molecule has 1 aliphatic heterocycles. The summed E-state index contributed by atoms with van der Waals surface area (Å²) in [4.78, 5) is 2.28. The summed E-state index contributed by atoms with van der Waals surface area (Å²) in [6, 6.07) is 10.8. The lowest BCUT2D eigenvalue weighted by Crippen LogP contribution is -2.51. The molecule has 1 N–H and O–H groups in total. The van der Waals surface area contributed by atoms with Gasteiger partial charge in [0.15, 0.2) is 0 Å². The number of benzene rings is 1. The van der Waals surface area contributed by atoms with Gasteiger partial charge >= 0.3 is 0 Å². The van der Waals surface area contributed by atoms with Crippen LogP contribution >= 0.6 is 0 Å². The summed E-state index contributed by atoms with van der Waals surface area (Å²) >= 11 is 0. The molecule has 1 atom stereocenters. The van der Waals surface area contributed by atoms with Crippen LogP contribution in [0.2, 0.25) is 0 Å². The molecule has 1 aromatic carbocycles. The van der Waals surface area contributed by atoms with E-state index in [4.69, 9.17) is 0 Å². The van der Waals surface area contributed by atoms with Crippen LogP contribution in [0.15, 0.2) is 30.3 Å². The third kappa shape index (κ3) is 1.74. The molecule has 0 unspecified atom stereocenters. The molecule has 0 spiro atoms. The van der Waals surface area contributed by atoms with Gasteiger partial charge in [-0.2, -0.15) is 0 Å². The van der Waals surface area contributed by atoms with Crippen molar-refractivity contribution < 1.29 is 5.11 Å². The Morgan fingerprint density at radius 3 is 2.46 bits per heavy atom. The number of nitrogens with zero attached hydrogens (tertiary/aromatic N) is 1. The monoisotopic (exact) mass is 177 g/mol. The van der Waals surface area contributed by atoms with Crippen molar-refractivity contribution in [3.8, 4) is 0 Å². The van der Waals surface area contributed by atoms with Crippen molar-refractivity contribution in [2.24, 2.45) is 0 Å². The Balaban J connectivity index is 2.02. The van der Waals surface area contributed by atoms with Crippen LogP contribution in [0.4, 0.5) is 0 Å². The van der Waals surface area contributed by atoms with Gasteiger partial charge in [0.2, 0.25) is 0 Å². The summed E-state index contributed by atoms with van der Waals surface area (Å²) in [6.07, 6.45) is -0.105. The predicted octanol–water partition coefficient (Wildman–Crippen LogP) is 1.42. The third-order valence-corrected chi connectivity index (χ3v) is 2.72. The topological polar surface area (TPSA) is 23.5 Å². The summed E-state index contributed by atoms with van der Waals surface area (Å²) in [5, 5.41) is 9.17. The summed E-state index contributed by atoms with van der Waals surface area (Å²) < 4.78 is 0. The summed E-state index contributed by atoms with van der Waals surface area (Å²) in [5.74, 6) is 0. The molecule has 0 aromatic heterocycles. The Morgan fingerprint density at radius 2 is 1.92 bits per heavy atom. The van der Waals surface area contributed by atoms with Crippen LogP contribution in [0.3, 0.4) is 0 Å². The molecule has 70 valence electrons. The average molecular weight is 177 g/mol. The molecule has 2 rings (SSSR count). The maximum Gasteiger partial charge on any atom is 0.0794 e. The summed E-state index contributed by atoms with van der Waals surface area (Å²) in [6.45, 7) is 3.81. The van der Waals surface area contributed by atoms with Gasteiger partial charge in [0.05, 0.1) is 6.10 Å². The lowest BCUT2D eigenvalue weighted by Gasteiger charge is -2.40. The second-order valence-electron chi connectivity index (χ2n) is 3.69. The van der Waals surface area contributed by atoms with Gasteiger partial charge in [-0.15, -0.1) is 0 Å². The van der Waals surface area contributed by atoms with Crippen molar-refractivity contribution in [1.29, 1.82) is 0 Å². The van der Waals surface area contributed by atoms with Gasteiger partial charge in [0, 0.05) is 19.1 Å². The molecule has 2 heteroatoms. The molecule has 1 saturated heterocycles. The van der Waals surface area contributed by atoms with Gasteiger partial charge in [0.25, 0.3) is 0 Å². The van der Waals surface area contributed by atoms with Crippen molar-refractivity contribution in [1.82, 2.24) is 4.90 Å². The van der Waals surface area contributed by atoms with Crippen LogP contribution in [-0.4, -0.2) is 29.2 Å². The van der Waals surface area contributed by atoms with Crippen LogP contribution in [0.5, 0.6) is 0 Å². The van der Waals surface area contributed by atoms with Crippen LogP contribution in [0, 0.1) is 0 Å². The Kier molecular flexibility index (Phi) is 2.34. The molecule has 2 nitrogen and oxygen atoms in total. The summed E-state index contributed by atoms with van der Waals surface area (Å²) in [5.41, 5.74) is 1.33. The molecule has 13 heavy (non-hydrogen) atoms. The number of aliphatic hydroxyl groups excluding tert-OH is 1. The highest BCUT2D eigenvalue weighted by Gasteiger charge is 2.28. The van der Waals surface area contributed by atoms with Crippen molar-refractivity contribution in [3.05, 3.63) is 35.9 Å². The first-order valence-electron chi connectivity index (χ1n) is 4.74. The minimum Gasteiger partial charge on any atom is -0.390 e. The van der Waals surface area contributed by atoms with E-state index < -0.39 is 0 Å². The highest BCUT2D eigenvalue weighted by Crippen LogP contribution is 2.24.